The SMILES string of the molecule is O=CN1CCN(C(=O)CN2CCCCC2)CC1. The Labute approximate surface area is 102 Å². The molecule has 0 aliphatic carbocycles. The van der Waals surface area contributed by atoms with E-state index in [0.717, 1.165) is 19.5 Å². The Morgan fingerprint density at radius 2 is 1.59 bits per heavy atom. The van der Waals surface area contributed by atoms with E-state index in [2.05, 4.69) is 4.90 Å². The van der Waals surface area contributed by atoms with E-state index in [-0.39, 0.29) is 5.91 Å². The van der Waals surface area contributed by atoms with Crippen LogP contribution >= 0.6 is 0 Å². The predicted octanol–water partition coefficient (Wildman–Crippen LogP) is -0.227. The molecule has 96 valence electrons. The van der Waals surface area contributed by atoms with E-state index in [0.29, 0.717) is 32.7 Å². The molecule has 2 aliphatic heterocycles. The van der Waals surface area contributed by atoms with E-state index in [1.807, 2.05) is 4.90 Å². The van der Waals surface area contributed by atoms with E-state index in [1.54, 1.807) is 4.90 Å². The van der Waals surface area contributed by atoms with Crippen LogP contribution in [-0.4, -0.2) is 72.8 Å². The van der Waals surface area contributed by atoms with Crippen LogP contribution in [0.15, 0.2) is 0 Å². The molecule has 0 saturated carbocycles. The van der Waals surface area contributed by atoms with Crippen molar-refractivity contribution in [2.75, 3.05) is 45.8 Å². The summed E-state index contributed by atoms with van der Waals surface area (Å²) in [6.45, 7) is 5.39. The van der Waals surface area contributed by atoms with Gasteiger partial charge in [-0.1, -0.05) is 6.42 Å². The molecule has 0 N–H and O–H groups in total. The second-order valence-corrected chi connectivity index (χ2v) is 4.86. The number of likely N-dealkylation sites (tertiary alicyclic amines) is 1. The molecule has 5 heteroatoms. The molecule has 2 amide bonds. The summed E-state index contributed by atoms with van der Waals surface area (Å²) < 4.78 is 0. The Morgan fingerprint density at radius 1 is 0.941 bits per heavy atom. The third-order valence-electron chi connectivity index (χ3n) is 3.62. The first kappa shape index (κ1) is 12.4. The van der Waals surface area contributed by atoms with Crippen molar-refractivity contribution < 1.29 is 9.59 Å². The van der Waals surface area contributed by atoms with Gasteiger partial charge in [-0.15, -0.1) is 0 Å². The van der Waals surface area contributed by atoms with Crippen molar-refractivity contribution in [1.29, 1.82) is 0 Å². The molecule has 0 aromatic carbocycles. The van der Waals surface area contributed by atoms with Gasteiger partial charge in [0.15, 0.2) is 0 Å². The molecule has 0 unspecified atom stereocenters. The van der Waals surface area contributed by atoms with Gasteiger partial charge in [0.1, 0.15) is 0 Å². The smallest absolute Gasteiger partial charge is 0.236 e. The van der Waals surface area contributed by atoms with Crippen LogP contribution in [0.2, 0.25) is 0 Å². The van der Waals surface area contributed by atoms with Crippen molar-refractivity contribution >= 4 is 12.3 Å². The molecule has 0 spiro atoms. The molecule has 0 atom stereocenters. The fourth-order valence-electron chi connectivity index (χ4n) is 2.49. The van der Waals surface area contributed by atoms with Crippen molar-refractivity contribution in [1.82, 2.24) is 14.7 Å². The number of piperidine rings is 1. The molecule has 0 bridgehead atoms. The van der Waals surface area contributed by atoms with Crippen molar-refractivity contribution in [2.45, 2.75) is 19.3 Å². The summed E-state index contributed by atoms with van der Waals surface area (Å²) in [5, 5.41) is 0. The molecule has 0 aromatic heterocycles. The first-order chi connectivity index (χ1) is 8.29. The molecule has 0 radical (unpaired) electrons. The Kier molecular flexibility index (Phi) is 4.36. The fraction of sp³-hybridized carbons (Fsp3) is 0.833. The van der Waals surface area contributed by atoms with Gasteiger partial charge in [0, 0.05) is 26.2 Å². The molecule has 2 fully saturated rings. The highest BCUT2D eigenvalue weighted by molar-refractivity contribution is 5.78. The largest absolute Gasteiger partial charge is 0.342 e. The number of amides is 2. The van der Waals surface area contributed by atoms with Gasteiger partial charge in [-0.3, -0.25) is 14.5 Å². The minimum Gasteiger partial charge on any atom is -0.342 e. The van der Waals surface area contributed by atoms with E-state index in [1.165, 1.54) is 19.3 Å². The summed E-state index contributed by atoms with van der Waals surface area (Å²) in [4.78, 5) is 28.5. The number of carbonyl (C=O) groups excluding carboxylic acids is 2. The number of hydrogen-bond acceptors (Lipinski definition) is 3. The van der Waals surface area contributed by atoms with Gasteiger partial charge >= 0.3 is 0 Å². The van der Waals surface area contributed by atoms with E-state index in [4.69, 9.17) is 0 Å². The molecule has 2 aliphatic rings. The highest BCUT2D eigenvalue weighted by Crippen LogP contribution is 2.09. The minimum absolute atomic E-state index is 0.220. The summed E-state index contributed by atoms with van der Waals surface area (Å²) in [5.74, 6) is 0.220. The minimum atomic E-state index is 0.220. The number of carbonyl (C=O) groups is 2. The Morgan fingerprint density at radius 3 is 2.18 bits per heavy atom. The average molecular weight is 239 g/mol. The van der Waals surface area contributed by atoms with Crippen LogP contribution in [0.1, 0.15) is 19.3 Å². The van der Waals surface area contributed by atoms with Crippen molar-refractivity contribution in [3.05, 3.63) is 0 Å². The Bertz CT molecular complexity index is 269. The maximum Gasteiger partial charge on any atom is 0.236 e. The number of rotatable bonds is 3. The van der Waals surface area contributed by atoms with Gasteiger partial charge in [-0.25, -0.2) is 0 Å². The van der Waals surface area contributed by atoms with E-state index < -0.39 is 0 Å². The lowest BCUT2D eigenvalue weighted by Crippen LogP contribution is -2.51. The predicted molar refractivity (Wildman–Crippen MR) is 64.5 cm³/mol. The lowest BCUT2D eigenvalue weighted by atomic mass is 10.1. The zero-order valence-corrected chi connectivity index (χ0v) is 10.3. The lowest BCUT2D eigenvalue weighted by molar-refractivity contribution is -0.136. The molecule has 2 saturated heterocycles. The third-order valence-corrected chi connectivity index (χ3v) is 3.62. The molecule has 5 nitrogen and oxygen atoms in total. The zero-order valence-electron chi connectivity index (χ0n) is 10.3. The first-order valence-electron chi connectivity index (χ1n) is 6.49. The summed E-state index contributed by atoms with van der Waals surface area (Å²) >= 11 is 0. The van der Waals surface area contributed by atoms with Crippen molar-refractivity contribution in [3.8, 4) is 0 Å². The molecule has 2 heterocycles. The quantitative estimate of drug-likeness (QED) is 0.639. The summed E-state index contributed by atoms with van der Waals surface area (Å²) in [6.07, 6.45) is 4.59. The van der Waals surface area contributed by atoms with Gasteiger partial charge < -0.3 is 9.80 Å². The Balaban J connectivity index is 1.74. The molecule has 0 aromatic rings. The van der Waals surface area contributed by atoms with Gasteiger partial charge in [0.05, 0.1) is 6.54 Å². The van der Waals surface area contributed by atoms with E-state index >= 15 is 0 Å². The molecule has 17 heavy (non-hydrogen) atoms. The van der Waals surface area contributed by atoms with Crippen LogP contribution in [0.4, 0.5) is 0 Å². The number of nitrogens with zero attached hydrogens (tertiary/aromatic N) is 3. The van der Waals surface area contributed by atoms with Gasteiger partial charge in [-0.05, 0) is 25.9 Å². The fourth-order valence-corrected chi connectivity index (χ4v) is 2.49. The molecule has 2 rings (SSSR count). The van der Waals surface area contributed by atoms with Crippen LogP contribution in [0, 0.1) is 0 Å². The molecular formula is C12H21N3O2. The van der Waals surface area contributed by atoms with Gasteiger partial charge in [0.25, 0.3) is 0 Å². The van der Waals surface area contributed by atoms with Gasteiger partial charge in [0.2, 0.25) is 12.3 Å². The van der Waals surface area contributed by atoms with Crippen LogP contribution in [-0.2, 0) is 9.59 Å². The second kappa shape index (κ2) is 6.00. The standard InChI is InChI=1S/C12H21N3O2/c16-11-14-6-8-15(9-7-14)12(17)10-13-4-2-1-3-5-13/h11H,1-10H2. The normalized spacial score (nSPS) is 22.6. The van der Waals surface area contributed by atoms with Crippen LogP contribution < -0.4 is 0 Å². The second-order valence-electron chi connectivity index (χ2n) is 4.86. The third kappa shape index (κ3) is 3.43. The summed E-state index contributed by atoms with van der Waals surface area (Å²) in [7, 11) is 0. The summed E-state index contributed by atoms with van der Waals surface area (Å²) in [5.41, 5.74) is 0. The van der Waals surface area contributed by atoms with Crippen LogP contribution in [0.5, 0.6) is 0 Å². The van der Waals surface area contributed by atoms with E-state index in [9.17, 15) is 9.59 Å². The highest BCUT2D eigenvalue weighted by atomic mass is 16.2. The number of hydrogen-bond donors (Lipinski definition) is 0. The maximum absolute atomic E-state index is 12.0. The maximum atomic E-state index is 12.0. The topological polar surface area (TPSA) is 43.9 Å². The van der Waals surface area contributed by atoms with Crippen molar-refractivity contribution in [2.24, 2.45) is 0 Å². The lowest BCUT2D eigenvalue weighted by Gasteiger charge is -2.34. The molecular weight excluding hydrogens is 218 g/mol. The highest BCUT2D eigenvalue weighted by Gasteiger charge is 2.22. The first-order valence-corrected chi connectivity index (χ1v) is 6.49. The van der Waals surface area contributed by atoms with Gasteiger partial charge in [-0.2, -0.15) is 0 Å². The Hall–Kier alpha value is -1.10. The zero-order chi connectivity index (χ0) is 12.1. The summed E-state index contributed by atoms with van der Waals surface area (Å²) in [6, 6.07) is 0. The monoisotopic (exact) mass is 239 g/mol. The van der Waals surface area contributed by atoms with Crippen LogP contribution in [0.3, 0.4) is 0 Å². The van der Waals surface area contributed by atoms with Crippen LogP contribution in [0.25, 0.3) is 0 Å². The van der Waals surface area contributed by atoms with Crippen molar-refractivity contribution in [3.63, 3.8) is 0 Å². The number of piperazine rings is 1. The average Bonchev–Trinajstić information content (AvgIpc) is 2.40.